The molecule has 17 heavy (non-hydrogen) atoms. The van der Waals surface area contributed by atoms with Gasteiger partial charge in [-0.1, -0.05) is 11.3 Å². The average molecular weight is 261 g/mol. The monoisotopic (exact) mass is 261 g/mol. The highest BCUT2D eigenvalue weighted by molar-refractivity contribution is 7.13. The molecule has 0 atom stereocenters. The van der Waals surface area contributed by atoms with Crippen molar-refractivity contribution in [3.05, 3.63) is 5.01 Å². The fraction of sp³-hybridized carbons (Fsp3) is 0.800. The molecule has 0 saturated carbocycles. The van der Waals surface area contributed by atoms with Crippen molar-refractivity contribution < 1.29 is 14.2 Å². The summed E-state index contributed by atoms with van der Waals surface area (Å²) in [6.45, 7) is 3.51. The third-order valence-corrected chi connectivity index (χ3v) is 2.76. The van der Waals surface area contributed by atoms with Crippen LogP contribution in [0.3, 0.4) is 0 Å². The van der Waals surface area contributed by atoms with Gasteiger partial charge in [0.1, 0.15) is 5.01 Å². The van der Waals surface area contributed by atoms with Gasteiger partial charge in [0.15, 0.2) is 0 Å². The average Bonchev–Trinajstić information content (AvgIpc) is 2.78. The molecule has 0 radical (unpaired) electrons. The van der Waals surface area contributed by atoms with Crippen molar-refractivity contribution in [2.75, 3.05) is 40.6 Å². The molecule has 1 aromatic heterocycles. The van der Waals surface area contributed by atoms with E-state index < -0.39 is 0 Å². The van der Waals surface area contributed by atoms with Gasteiger partial charge in [-0.3, -0.25) is 0 Å². The van der Waals surface area contributed by atoms with Crippen LogP contribution in [-0.4, -0.2) is 50.8 Å². The Kier molecular flexibility index (Phi) is 7.81. The van der Waals surface area contributed by atoms with Crippen molar-refractivity contribution in [3.8, 4) is 5.19 Å². The smallest absolute Gasteiger partial charge is 0.294 e. The molecule has 0 bridgehead atoms. The summed E-state index contributed by atoms with van der Waals surface area (Å²) in [5.41, 5.74) is 0. The molecule has 1 N–H and O–H groups in total. The van der Waals surface area contributed by atoms with E-state index in [1.165, 1.54) is 11.3 Å². The third-order valence-electron chi connectivity index (χ3n) is 1.93. The van der Waals surface area contributed by atoms with E-state index in [9.17, 15) is 0 Å². The van der Waals surface area contributed by atoms with Gasteiger partial charge in [0, 0.05) is 40.3 Å². The van der Waals surface area contributed by atoms with Crippen LogP contribution < -0.4 is 10.1 Å². The third kappa shape index (κ3) is 6.52. The van der Waals surface area contributed by atoms with Gasteiger partial charge in [0.2, 0.25) is 0 Å². The van der Waals surface area contributed by atoms with Crippen molar-refractivity contribution in [2.24, 2.45) is 0 Å². The minimum absolute atomic E-state index is 0.611. The number of rotatable bonds is 10. The van der Waals surface area contributed by atoms with Gasteiger partial charge < -0.3 is 19.5 Å². The molecule has 0 aliphatic heterocycles. The lowest BCUT2D eigenvalue weighted by Gasteiger charge is -2.00. The molecule has 0 aliphatic rings. The predicted octanol–water partition coefficient (Wildman–Crippen LogP) is 0.689. The first kappa shape index (κ1) is 14.3. The topological polar surface area (TPSA) is 65.5 Å². The number of aromatic nitrogens is 2. The van der Waals surface area contributed by atoms with Crippen molar-refractivity contribution in [3.63, 3.8) is 0 Å². The van der Waals surface area contributed by atoms with Crippen LogP contribution in [0, 0.1) is 0 Å². The number of methoxy groups -OCH3 is 2. The number of nitrogens with zero attached hydrogens (tertiary/aromatic N) is 2. The Morgan fingerprint density at radius 2 is 1.94 bits per heavy atom. The van der Waals surface area contributed by atoms with Gasteiger partial charge in [-0.05, 0) is 0 Å². The summed E-state index contributed by atoms with van der Waals surface area (Å²) in [4.78, 5) is 0. The second-order valence-electron chi connectivity index (χ2n) is 3.33. The Morgan fingerprint density at radius 3 is 2.71 bits per heavy atom. The van der Waals surface area contributed by atoms with Crippen LogP contribution in [-0.2, 0) is 16.0 Å². The van der Waals surface area contributed by atoms with Crippen molar-refractivity contribution >= 4 is 11.3 Å². The van der Waals surface area contributed by atoms with E-state index in [1.807, 2.05) is 0 Å². The standard InChI is InChI=1S/C10H19N3O3S/c1-14-5-3-6-16-10-13-12-9(17-10)8-11-4-7-15-2/h11H,3-8H2,1-2H3. The summed E-state index contributed by atoms with van der Waals surface area (Å²) in [7, 11) is 3.35. The fourth-order valence-electron chi connectivity index (χ4n) is 1.10. The van der Waals surface area contributed by atoms with E-state index >= 15 is 0 Å². The molecule has 0 amide bonds. The van der Waals surface area contributed by atoms with Crippen LogP contribution in [0.25, 0.3) is 0 Å². The molecule has 98 valence electrons. The fourth-order valence-corrected chi connectivity index (χ4v) is 1.78. The van der Waals surface area contributed by atoms with Gasteiger partial charge in [0.25, 0.3) is 5.19 Å². The Labute approximate surface area is 105 Å². The van der Waals surface area contributed by atoms with Gasteiger partial charge in [-0.25, -0.2) is 0 Å². The first-order chi connectivity index (χ1) is 8.36. The summed E-state index contributed by atoms with van der Waals surface area (Å²) in [5, 5.41) is 12.7. The van der Waals surface area contributed by atoms with E-state index in [-0.39, 0.29) is 0 Å². The normalized spacial score (nSPS) is 10.7. The zero-order valence-corrected chi connectivity index (χ0v) is 11.1. The number of nitrogens with one attached hydrogen (secondary N) is 1. The lowest BCUT2D eigenvalue weighted by molar-refractivity contribution is 0.171. The van der Waals surface area contributed by atoms with Crippen LogP contribution in [0.5, 0.6) is 5.19 Å². The molecular weight excluding hydrogens is 242 g/mol. The number of hydrogen-bond acceptors (Lipinski definition) is 7. The summed E-state index contributed by atoms with van der Waals surface area (Å²) in [6, 6.07) is 0. The van der Waals surface area contributed by atoms with Gasteiger partial charge >= 0.3 is 0 Å². The van der Waals surface area contributed by atoms with E-state index in [2.05, 4.69) is 15.5 Å². The quantitative estimate of drug-likeness (QED) is 0.625. The van der Waals surface area contributed by atoms with E-state index in [1.54, 1.807) is 14.2 Å². The minimum atomic E-state index is 0.611. The molecule has 1 aromatic rings. The predicted molar refractivity (Wildman–Crippen MR) is 65.5 cm³/mol. The first-order valence-corrected chi connectivity index (χ1v) is 6.32. The Morgan fingerprint density at radius 1 is 1.12 bits per heavy atom. The molecule has 0 unspecified atom stereocenters. The van der Waals surface area contributed by atoms with Crippen molar-refractivity contribution in [1.29, 1.82) is 0 Å². The maximum absolute atomic E-state index is 5.43. The van der Waals surface area contributed by atoms with E-state index in [4.69, 9.17) is 14.2 Å². The number of ether oxygens (including phenoxy) is 3. The van der Waals surface area contributed by atoms with Gasteiger partial charge in [-0.2, -0.15) is 0 Å². The largest absolute Gasteiger partial charge is 0.469 e. The van der Waals surface area contributed by atoms with E-state index in [0.717, 1.165) is 18.0 Å². The molecule has 0 spiro atoms. The summed E-state index contributed by atoms with van der Waals surface area (Å²) in [5.74, 6) is 0. The van der Waals surface area contributed by atoms with Crippen LogP contribution in [0.15, 0.2) is 0 Å². The molecule has 1 heterocycles. The van der Waals surface area contributed by atoms with Crippen molar-refractivity contribution in [1.82, 2.24) is 15.5 Å². The van der Waals surface area contributed by atoms with Crippen LogP contribution >= 0.6 is 11.3 Å². The molecular formula is C10H19N3O3S. The highest BCUT2D eigenvalue weighted by atomic mass is 32.1. The zero-order valence-electron chi connectivity index (χ0n) is 10.3. The second kappa shape index (κ2) is 9.29. The molecule has 0 aliphatic carbocycles. The SMILES string of the molecule is COCCCOc1nnc(CNCCOC)s1. The molecule has 0 saturated heterocycles. The second-order valence-corrected chi connectivity index (χ2v) is 4.35. The zero-order chi connectivity index (χ0) is 12.3. The number of hydrogen-bond donors (Lipinski definition) is 1. The lowest BCUT2D eigenvalue weighted by Crippen LogP contribution is -2.18. The Hall–Kier alpha value is -0.760. The minimum Gasteiger partial charge on any atom is -0.469 e. The van der Waals surface area contributed by atoms with E-state index in [0.29, 0.717) is 31.6 Å². The molecule has 0 fully saturated rings. The highest BCUT2D eigenvalue weighted by Crippen LogP contribution is 2.17. The maximum Gasteiger partial charge on any atom is 0.294 e. The summed E-state index contributed by atoms with van der Waals surface area (Å²) >= 11 is 1.46. The van der Waals surface area contributed by atoms with Crippen LogP contribution in [0.1, 0.15) is 11.4 Å². The molecule has 0 aromatic carbocycles. The summed E-state index contributed by atoms with van der Waals surface area (Å²) in [6.07, 6.45) is 0.859. The molecule has 6 nitrogen and oxygen atoms in total. The van der Waals surface area contributed by atoms with Crippen LogP contribution in [0.2, 0.25) is 0 Å². The maximum atomic E-state index is 5.43. The highest BCUT2D eigenvalue weighted by Gasteiger charge is 2.04. The molecule has 1 rings (SSSR count). The Bertz CT molecular complexity index is 270. The molecule has 7 heteroatoms. The van der Waals surface area contributed by atoms with Crippen molar-refractivity contribution in [2.45, 2.75) is 13.0 Å². The Balaban J connectivity index is 2.14. The van der Waals surface area contributed by atoms with Gasteiger partial charge in [0.05, 0.1) is 13.2 Å². The first-order valence-electron chi connectivity index (χ1n) is 5.50. The lowest BCUT2D eigenvalue weighted by atomic mass is 10.5. The van der Waals surface area contributed by atoms with Gasteiger partial charge in [-0.15, -0.1) is 10.2 Å². The van der Waals surface area contributed by atoms with Crippen LogP contribution in [0.4, 0.5) is 0 Å². The summed E-state index contributed by atoms with van der Waals surface area (Å²) < 4.78 is 15.3.